The molecule has 142 valence electrons. The van der Waals surface area contributed by atoms with Crippen LogP contribution in [0.1, 0.15) is 31.1 Å². The van der Waals surface area contributed by atoms with Crippen LogP contribution in [-0.2, 0) is 4.84 Å². The first kappa shape index (κ1) is 23.4. The van der Waals surface area contributed by atoms with Gasteiger partial charge in [-0.1, -0.05) is 38.7 Å². The Kier molecular flexibility index (Phi) is 12.4. The highest BCUT2D eigenvalue weighted by atomic mass is 32.2. The number of rotatable bonds is 9. The average molecular weight is 379 g/mol. The van der Waals surface area contributed by atoms with Crippen LogP contribution in [0.3, 0.4) is 0 Å². The summed E-state index contributed by atoms with van der Waals surface area (Å²) < 4.78 is 9.23. The molecule has 4 N–H and O–H groups in total. The zero-order chi connectivity index (χ0) is 19.9. The minimum atomic E-state index is -1.10. The smallest absolute Gasteiger partial charge is 0.337 e. The second-order valence-electron chi connectivity index (χ2n) is 4.34. The number of nitrogens with zero attached hydrogens (tertiary/aromatic N) is 1. The summed E-state index contributed by atoms with van der Waals surface area (Å²) in [6.45, 7) is 9.39. The minimum Gasteiger partial charge on any atom is -0.478 e. The summed E-state index contributed by atoms with van der Waals surface area (Å²) in [5, 5.41) is 13.3. The Hall–Kier alpha value is -2.55. The quantitative estimate of drug-likeness (QED) is 0.207. The van der Waals surface area contributed by atoms with Crippen molar-refractivity contribution in [1.82, 2.24) is 0 Å². The Bertz CT molecular complexity index is 685. The highest BCUT2D eigenvalue weighted by Crippen LogP contribution is 2.22. The van der Waals surface area contributed by atoms with E-state index in [0.29, 0.717) is 33.9 Å². The largest absolute Gasteiger partial charge is 0.478 e. The van der Waals surface area contributed by atoms with Crippen LogP contribution < -0.4 is 10.9 Å². The SMILES string of the molecule is C=C/C=C(/C=N/Nc1ccc(NOC)cc1C(=O)O)C(=C/C)\SO.CC. The molecule has 0 bridgehead atoms. The number of nitrogens with one attached hydrogen (secondary N) is 2. The van der Waals surface area contributed by atoms with Gasteiger partial charge in [-0.3, -0.25) is 15.7 Å². The molecule has 0 atom stereocenters. The Morgan fingerprint density at radius 3 is 2.58 bits per heavy atom. The molecule has 0 aliphatic rings. The molecule has 26 heavy (non-hydrogen) atoms. The molecule has 0 heterocycles. The normalized spacial score (nSPS) is 11.6. The number of aromatic carboxylic acids is 1. The number of allylic oxidation sites excluding steroid dienone is 4. The summed E-state index contributed by atoms with van der Waals surface area (Å²) >= 11 is 0.589. The van der Waals surface area contributed by atoms with E-state index in [9.17, 15) is 14.5 Å². The fourth-order valence-corrected chi connectivity index (χ4v) is 2.09. The molecule has 0 radical (unpaired) electrons. The maximum Gasteiger partial charge on any atom is 0.337 e. The van der Waals surface area contributed by atoms with E-state index in [0.717, 1.165) is 0 Å². The van der Waals surface area contributed by atoms with E-state index in [1.165, 1.54) is 19.4 Å². The summed E-state index contributed by atoms with van der Waals surface area (Å²) in [6, 6.07) is 4.64. The molecule has 7 nitrogen and oxygen atoms in total. The summed E-state index contributed by atoms with van der Waals surface area (Å²) in [6.07, 6.45) is 6.43. The van der Waals surface area contributed by atoms with Crippen LogP contribution in [-0.4, -0.2) is 29.0 Å². The molecule has 8 heteroatoms. The highest BCUT2D eigenvalue weighted by molar-refractivity contribution is 7.98. The van der Waals surface area contributed by atoms with Crippen LogP contribution in [0.25, 0.3) is 0 Å². The van der Waals surface area contributed by atoms with Crippen molar-refractivity contribution in [3.63, 3.8) is 0 Å². The Balaban J connectivity index is 0.00000301. The zero-order valence-corrected chi connectivity index (χ0v) is 16.1. The van der Waals surface area contributed by atoms with E-state index in [-0.39, 0.29) is 5.56 Å². The second-order valence-corrected chi connectivity index (χ2v) is 4.97. The van der Waals surface area contributed by atoms with Crippen molar-refractivity contribution in [2.45, 2.75) is 20.8 Å². The maximum absolute atomic E-state index is 11.3. The molecule has 0 aliphatic carbocycles. The lowest BCUT2D eigenvalue weighted by Gasteiger charge is -2.09. The molecule has 0 saturated carbocycles. The van der Waals surface area contributed by atoms with Crippen LogP contribution in [0.15, 0.2) is 58.6 Å². The van der Waals surface area contributed by atoms with Gasteiger partial charge in [0.1, 0.15) is 0 Å². The van der Waals surface area contributed by atoms with Crippen LogP contribution in [0, 0.1) is 0 Å². The number of benzene rings is 1. The lowest BCUT2D eigenvalue weighted by Crippen LogP contribution is -2.05. The monoisotopic (exact) mass is 379 g/mol. The van der Waals surface area contributed by atoms with Gasteiger partial charge >= 0.3 is 5.97 Å². The summed E-state index contributed by atoms with van der Waals surface area (Å²) in [5.74, 6) is -1.10. The lowest BCUT2D eigenvalue weighted by molar-refractivity contribution is 0.0698. The third-order valence-corrected chi connectivity index (χ3v) is 3.47. The van der Waals surface area contributed by atoms with Crippen molar-refractivity contribution in [1.29, 1.82) is 0 Å². The first-order valence-electron chi connectivity index (χ1n) is 7.83. The van der Waals surface area contributed by atoms with Crippen molar-refractivity contribution in [3.05, 3.63) is 59.0 Å². The first-order chi connectivity index (χ1) is 12.6. The van der Waals surface area contributed by atoms with Gasteiger partial charge in [-0.15, -0.1) is 0 Å². The molecule has 0 aromatic heterocycles. The fraction of sp³-hybridized carbons (Fsp3) is 0.222. The number of carboxylic acid groups (broad SMARTS) is 1. The number of carboxylic acids is 1. The van der Waals surface area contributed by atoms with Crippen LogP contribution >= 0.6 is 12.0 Å². The van der Waals surface area contributed by atoms with Gasteiger partial charge in [0, 0.05) is 22.5 Å². The third kappa shape index (κ3) is 7.56. The maximum atomic E-state index is 11.3. The van der Waals surface area contributed by atoms with E-state index in [1.807, 2.05) is 13.8 Å². The molecule has 0 spiro atoms. The van der Waals surface area contributed by atoms with Crippen LogP contribution in [0.2, 0.25) is 0 Å². The van der Waals surface area contributed by atoms with Gasteiger partial charge in [-0.05, 0) is 25.1 Å². The van der Waals surface area contributed by atoms with E-state index in [1.54, 1.807) is 37.3 Å². The molecular weight excluding hydrogens is 354 g/mol. The van der Waals surface area contributed by atoms with Crippen molar-refractivity contribution in [2.24, 2.45) is 5.10 Å². The Morgan fingerprint density at radius 2 is 2.08 bits per heavy atom. The van der Waals surface area contributed by atoms with E-state index >= 15 is 0 Å². The van der Waals surface area contributed by atoms with Crippen molar-refractivity contribution in [2.75, 3.05) is 18.0 Å². The molecule has 0 unspecified atom stereocenters. The predicted molar refractivity (Wildman–Crippen MR) is 110 cm³/mol. The molecule has 0 aliphatic heterocycles. The van der Waals surface area contributed by atoms with E-state index in [4.69, 9.17) is 4.84 Å². The number of hydrogen-bond acceptors (Lipinski definition) is 7. The predicted octanol–water partition coefficient (Wildman–Crippen LogP) is 5.00. The van der Waals surface area contributed by atoms with Gasteiger partial charge < -0.3 is 9.66 Å². The van der Waals surface area contributed by atoms with Crippen LogP contribution in [0.5, 0.6) is 0 Å². The minimum absolute atomic E-state index is 0.0336. The molecule has 0 saturated heterocycles. The van der Waals surface area contributed by atoms with E-state index in [2.05, 4.69) is 22.6 Å². The number of carbonyl (C=O) groups is 1. The number of anilines is 2. The topological polar surface area (TPSA) is 103 Å². The van der Waals surface area contributed by atoms with Crippen molar-refractivity contribution >= 4 is 35.6 Å². The summed E-state index contributed by atoms with van der Waals surface area (Å²) in [4.78, 5) is 16.7. The Labute approximate surface area is 158 Å². The molecular formula is C18H25N3O4S. The first-order valence-corrected chi connectivity index (χ1v) is 8.60. The Morgan fingerprint density at radius 1 is 1.38 bits per heavy atom. The number of hydrazone groups is 1. The fourth-order valence-electron chi connectivity index (χ4n) is 1.76. The zero-order valence-electron chi connectivity index (χ0n) is 15.3. The summed E-state index contributed by atoms with van der Waals surface area (Å²) in [5.41, 5.74) is 6.73. The van der Waals surface area contributed by atoms with Gasteiger partial charge in [0.05, 0.1) is 30.3 Å². The third-order valence-electron chi connectivity index (χ3n) is 2.80. The van der Waals surface area contributed by atoms with Crippen molar-refractivity contribution < 1.29 is 19.3 Å². The van der Waals surface area contributed by atoms with Crippen molar-refractivity contribution in [3.8, 4) is 0 Å². The van der Waals surface area contributed by atoms with Crippen LogP contribution in [0.4, 0.5) is 11.4 Å². The van der Waals surface area contributed by atoms with Gasteiger partial charge in [0.2, 0.25) is 0 Å². The highest BCUT2D eigenvalue weighted by Gasteiger charge is 2.11. The van der Waals surface area contributed by atoms with Gasteiger partial charge in [0.15, 0.2) is 0 Å². The lowest BCUT2D eigenvalue weighted by atomic mass is 10.1. The standard InChI is InChI=1S/C16H19N3O4S.C2H6/c1-4-6-11(15(5-2)24-22)10-17-18-14-8-7-12(19-23-3)9-13(14)16(20)21;1-2/h4-10,18-19,22H,1H2,2-3H3,(H,20,21);1-2H3/b11-6-,15-5+,17-10+;. The van der Waals surface area contributed by atoms with E-state index < -0.39 is 5.97 Å². The molecule has 0 fully saturated rings. The van der Waals surface area contributed by atoms with Gasteiger partial charge in [-0.2, -0.15) is 5.10 Å². The van der Waals surface area contributed by atoms with Gasteiger partial charge in [0.25, 0.3) is 0 Å². The molecule has 1 rings (SSSR count). The molecule has 1 aromatic carbocycles. The molecule has 0 amide bonds. The molecule has 1 aromatic rings. The number of hydrogen-bond donors (Lipinski definition) is 4. The van der Waals surface area contributed by atoms with Gasteiger partial charge in [-0.25, -0.2) is 4.79 Å². The second kappa shape index (κ2) is 13.7. The summed E-state index contributed by atoms with van der Waals surface area (Å²) in [7, 11) is 1.43. The average Bonchev–Trinajstić information content (AvgIpc) is 2.65.